The summed E-state index contributed by atoms with van der Waals surface area (Å²) in [5, 5.41) is 17.1. The van der Waals surface area contributed by atoms with Crippen molar-refractivity contribution in [2.45, 2.75) is 38.3 Å². The summed E-state index contributed by atoms with van der Waals surface area (Å²) in [5.74, 6) is 0. The van der Waals surface area contributed by atoms with E-state index in [4.69, 9.17) is 0 Å². The van der Waals surface area contributed by atoms with E-state index in [2.05, 4.69) is 16.6 Å². The molecule has 4 heteroatoms. The number of nitrogens with zero attached hydrogens (tertiary/aromatic N) is 2. The standard InChI is InChI=1S/C11H19N3O/c1-8(15)6-12-10-4-3-5-11-9(10)7-14(2)13-11/h7-8,10,12,15H,3-6H2,1-2H3/t8-,10+/m1/s1. The number of aliphatic hydroxyl groups is 1. The number of fused-ring (bicyclic) bond motifs is 1. The van der Waals surface area contributed by atoms with Crippen molar-refractivity contribution in [2.75, 3.05) is 6.54 Å². The molecule has 0 radical (unpaired) electrons. The van der Waals surface area contributed by atoms with Crippen LogP contribution in [0.4, 0.5) is 0 Å². The Bertz CT molecular complexity index is 333. The van der Waals surface area contributed by atoms with Gasteiger partial charge in [-0.3, -0.25) is 4.68 Å². The molecule has 84 valence electrons. The van der Waals surface area contributed by atoms with Crippen molar-refractivity contribution in [2.24, 2.45) is 7.05 Å². The summed E-state index contributed by atoms with van der Waals surface area (Å²) >= 11 is 0. The zero-order valence-corrected chi connectivity index (χ0v) is 9.40. The van der Waals surface area contributed by atoms with Gasteiger partial charge in [-0.25, -0.2) is 0 Å². The van der Waals surface area contributed by atoms with Crippen LogP contribution in [0.1, 0.15) is 37.1 Å². The molecule has 1 heterocycles. The second kappa shape index (κ2) is 4.33. The number of hydrogen-bond donors (Lipinski definition) is 2. The van der Waals surface area contributed by atoms with E-state index < -0.39 is 0 Å². The molecule has 0 spiro atoms. The van der Waals surface area contributed by atoms with Crippen molar-refractivity contribution >= 4 is 0 Å². The third kappa shape index (κ3) is 2.38. The molecule has 1 aromatic rings. The Morgan fingerprint density at radius 1 is 1.73 bits per heavy atom. The molecule has 0 saturated carbocycles. The number of aryl methyl sites for hydroxylation is 2. The first-order valence-electron chi connectivity index (χ1n) is 5.60. The maximum absolute atomic E-state index is 9.25. The summed E-state index contributed by atoms with van der Waals surface area (Å²) in [4.78, 5) is 0. The van der Waals surface area contributed by atoms with E-state index in [1.54, 1.807) is 6.92 Å². The van der Waals surface area contributed by atoms with E-state index in [0.717, 1.165) is 12.8 Å². The Hall–Kier alpha value is -0.870. The molecule has 0 saturated heterocycles. The topological polar surface area (TPSA) is 50.1 Å². The van der Waals surface area contributed by atoms with Crippen LogP contribution in [0.2, 0.25) is 0 Å². The predicted octanol–water partition coefficient (Wildman–Crippen LogP) is 0.768. The fraction of sp³-hybridized carbons (Fsp3) is 0.727. The van der Waals surface area contributed by atoms with E-state index >= 15 is 0 Å². The molecule has 2 atom stereocenters. The van der Waals surface area contributed by atoms with Gasteiger partial charge in [0.05, 0.1) is 11.8 Å². The van der Waals surface area contributed by atoms with Gasteiger partial charge in [0.1, 0.15) is 0 Å². The lowest BCUT2D eigenvalue weighted by molar-refractivity contribution is 0.184. The van der Waals surface area contributed by atoms with Crippen LogP contribution in [-0.2, 0) is 13.5 Å². The highest BCUT2D eigenvalue weighted by atomic mass is 16.3. The minimum atomic E-state index is -0.285. The van der Waals surface area contributed by atoms with Gasteiger partial charge in [-0.2, -0.15) is 5.10 Å². The summed E-state index contributed by atoms with van der Waals surface area (Å²) in [6.45, 7) is 2.46. The average Bonchev–Trinajstić information content (AvgIpc) is 2.55. The van der Waals surface area contributed by atoms with Gasteiger partial charge in [0.25, 0.3) is 0 Å². The molecule has 2 N–H and O–H groups in total. The third-order valence-corrected chi connectivity index (χ3v) is 2.88. The molecule has 0 amide bonds. The van der Waals surface area contributed by atoms with Gasteiger partial charge in [-0.15, -0.1) is 0 Å². The number of rotatable bonds is 3. The van der Waals surface area contributed by atoms with Crippen LogP contribution in [0.5, 0.6) is 0 Å². The van der Waals surface area contributed by atoms with Gasteiger partial charge in [0.15, 0.2) is 0 Å². The van der Waals surface area contributed by atoms with E-state index in [9.17, 15) is 5.11 Å². The molecule has 15 heavy (non-hydrogen) atoms. The summed E-state index contributed by atoms with van der Waals surface area (Å²) in [6.07, 6.45) is 5.22. The van der Waals surface area contributed by atoms with Crippen molar-refractivity contribution in [1.82, 2.24) is 15.1 Å². The Kier molecular flexibility index (Phi) is 3.07. The number of aromatic nitrogens is 2. The van der Waals surface area contributed by atoms with Gasteiger partial charge in [0, 0.05) is 31.4 Å². The first kappa shape index (κ1) is 10.6. The summed E-state index contributed by atoms with van der Waals surface area (Å²) in [7, 11) is 1.96. The highest BCUT2D eigenvalue weighted by molar-refractivity contribution is 5.24. The summed E-state index contributed by atoms with van der Waals surface area (Å²) < 4.78 is 1.88. The summed E-state index contributed by atoms with van der Waals surface area (Å²) in [6, 6.07) is 0.372. The van der Waals surface area contributed by atoms with Crippen LogP contribution >= 0.6 is 0 Å². The van der Waals surface area contributed by atoms with Crippen LogP contribution in [0.3, 0.4) is 0 Å². The molecule has 0 aliphatic heterocycles. The first-order chi connectivity index (χ1) is 7.16. The molecule has 4 nitrogen and oxygen atoms in total. The molecule has 2 rings (SSSR count). The van der Waals surface area contributed by atoms with Crippen LogP contribution < -0.4 is 5.32 Å². The fourth-order valence-corrected chi connectivity index (χ4v) is 2.19. The lowest BCUT2D eigenvalue weighted by Crippen LogP contribution is -2.30. The second-order valence-electron chi connectivity index (χ2n) is 4.41. The fourth-order valence-electron chi connectivity index (χ4n) is 2.19. The predicted molar refractivity (Wildman–Crippen MR) is 58.6 cm³/mol. The molecule has 0 unspecified atom stereocenters. The molecule has 0 fully saturated rings. The lowest BCUT2D eigenvalue weighted by atomic mass is 9.93. The highest BCUT2D eigenvalue weighted by Crippen LogP contribution is 2.28. The molecule has 1 aliphatic carbocycles. The Labute approximate surface area is 90.3 Å². The average molecular weight is 209 g/mol. The Morgan fingerprint density at radius 3 is 3.27 bits per heavy atom. The molecule has 1 aliphatic rings. The number of hydrogen-bond acceptors (Lipinski definition) is 3. The minimum absolute atomic E-state index is 0.285. The van der Waals surface area contributed by atoms with Crippen molar-refractivity contribution in [1.29, 1.82) is 0 Å². The maximum atomic E-state index is 9.25. The lowest BCUT2D eigenvalue weighted by Gasteiger charge is -2.23. The third-order valence-electron chi connectivity index (χ3n) is 2.88. The van der Waals surface area contributed by atoms with E-state index in [1.807, 2.05) is 11.7 Å². The van der Waals surface area contributed by atoms with Crippen molar-refractivity contribution < 1.29 is 5.11 Å². The van der Waals surface area contributed by atoms with Gasteiger partial charge in [0.2, 0.25) is 0 Å². The van der Waals surface area contributed by atoms with Gasteiger partial charge < -0.3 is 10.4 Å². The monoisotopic (exact) mass is 209 g/mol. The number of nitrogens with one attached hydrogen (secondary N) is 1. The normalized spacial score (nSPS) is 22.5. The second-order valence-corrected chi connectivity index (χ2v) is 4.41. The minimum Gasteiger partial charge on any atom is -0.392 e. The van der Waals surface area contributed by atoms with Crippen LogP contribution in [-0.4, -0.2) is 27.5 Å². The Morgan fingerprint density at radius 2 is 2.53 bits per heavy atom. The Balaban J connectivity index is 2.08. The molecule has 1 aromatic heterocycles. The van der Waals surface area contributed by atoms with Crippen LogP contribution in [0, 0.1) is 0 Å². The van der Waals surface area contributed by atoms with Crippen molar-refractivity contribution in [3.63, 3.8) is 0 Å². The van der Waals surface area contributed by atoms with E-state index in [1.165, 1.54) is 17.7 Å². The van der Waals surface area contributed by atoms with Crippen molar-refractivity contribution in [3.05, 3.63) is 17.5 Å². The quantitative estimate of drug-likeness (QED) is 0.773. The highest BCUT2D eigenvalue weighted by Gasteiger charge is 2.22. The SMILES string of the molecule is C[C@@H](O)CN[C@H]1CCCc2nn(C)cc21. The van der Waals surface area contributed by atoms with E-state index in [-0.39, 0.29) is 6.10 Å². The van der Waals surface area contributed by atoms with E-state index in [0.29, 0.717) is 12.6 Å². The van der Waals surface area contributed by atoms with Crippen LogP contribution in [0.15, 0.2) is 6.20 Å². The maximum Gasteiger partial charge on any atom is 0.0672 e. The number of aliphatic hydroxyl groups excluding tert-OH is 1. The molecule has 0 bridgehead atoms. The van der Waals surface area contributed by atoms with Gasteiger partial charge in [-0.05, 0) is 26.2 Å². The molecular formula is C11H19N3O. The van der Waals surface area contributed by atoms with Crippen LogP contribution in [0.25, 0.3) is 0 Å². The summed E-state index contributed by atoms with van der Waals surface area (Å²) in [5.41, 5.74) is 2.52. The van der Waals surface area contributed by atoms with Gasteiger partial charge >= 0.3 is 0 Å². The largest absolute Gasteiger partial charge is 0.392 e. The zero-order chi connectivity index (χ0) is 10.8. The smallest absolute Gasteiger partial charge is 0.0672 e. The first-order valence-corrected chi connectivity index (χ1v) is 5.60. The van der Waals surface area contributed by atoms with Crippen molar-refractivity contribution in [3.8, 4) is 0 Å². The van der Waals surface area contributed by atoms with Gasteiger partial charge in [-0.1, -0.05) is 0 Å². The zero-order valence-electron chi connectivity index (χ0n) is 9.40. The molecular weight excluding hydrogens is 190 g/mol. The molecule has 0 aromatic carbocycles.